The van der Waals surface area contributed by atoms with Gasteiger partial charge in [-0.1, -0.05) is 24.3 Å². The third-order valence-electron chi connectivity index (χ3n) is 3.65. The largest absolute Gasteiger partial charge is 0.326 e. The lowest BCUT2D eigenvalue weighted by Gasteiger charge is -2.14. The Bertz CT molecular complexity index is 705. The Kier molecular flexibility index (Phi) is 6.86. The van der Waals surface area contributed by atoms with E-state index in [0.29, 0.717) is 13.0 Å². The van der Waals surface area contributed by atoms with Gasteiger partial charge in [0.1, 0.15) is 6.54 Å². The van der Waals surface area contributed by atoms with Crippen LogP contribution in [0.1, 0.15) is 11.1 Å². The molecular weight excluding hydrogens is 318 g/mol. The van der Waals surface area contributed by atoms with Gasteiger partial charge in [-0.15, -0.1) is 11.8 Å². The standard InChI is InChI=1S/C19H21N3OS/c1-22(13-16-5-9-18(24-2)10-6-16)14-19(23)21-17-7-3-15(4-8-17)11-12-20/h3-10H,11,13-14H2,1-2H3,(H,21,23)/p+1. The Morgan fingerprint density at radius 3 is 2.33 bits per heavy atom. The van der Waals surface area contributed by atoms with Crippen LogP contribution in [0.4, 0.5) is 5.69 Å². The fourth-order valence-corrected chi connectivity index (χ4v) is 2.84. The molecule has 0 bridgehead atoms. The number of rotatable bonds is 7. The molecule has 0 heterocycles. The molecule has 5 heteroatoms. The van der Waals surface area contributed by atoms with Crippen LogP contribution in [0.15, 0.2) is 53.4 Å². The van der Waals surface area contributed by atoms with Crippen LogP contribution in [0.25, 0.3) is 0 Å². The number of carbonyl (C=O) groups is 1. The van der Waals surface area contributed by atoms with Gasteiger partial charge in [-0.2, -0.15) is 5.26 Å². The second-order valence-electron chi connectivity index (χ2n) is 5.74. The molecule has 0 radical (unpaired) electrons. The Hall–Kier alpha value is -2.29. The molecular formula is C19H22N3OS+. The first-order chi connectivity index (χ1) is 11.6. The highest BCUT2D eigenvalue weighted by molar-refractivity contribution is 7.98. The van der Waals surface area contributed by atoms with Crippen LogP contribution < -0.4 is 10.2 Å². The zero-order valence-electron chi connectivity index (χ0n) is 14.0. The van der Waals surface area contributed by atoms with Crippen molar-refractivity contribution in [2.45, 2.75) is 17.9 Å². The van der Waals surface area contributed by atoms with Gasteiger partial charge in [-0.25, -0.2) is 0 Å². The molecule has 24 heavy (non-hydrogen) atoms. The molecule has 2 aromatic rings. The minimum Gasteiger partial charge on any atom is -0.326 e. The van der Waals surface area contributed by atoms with E-state index in [1.807, 2.05) is 31.3 Å². The maximum absolute atomic E-state index is 12.1. The third-order valence-corrected chi connectivity index (χ3v) is 4.39. The maximum Gasteiger partial charge on any atom is 0.279 e. The minimum atomic E-state index is -0.0127. The summed E-state index contributed by atoms with van der Waals surface area (Å²) in [5.41, 5.74) is 2.93. The van der Waals surface area contributed by atoms with Gasteiger partial charge in [-0.3, -0.25) is 4.79 Å². The van der Waals surface area contributed by atoms with Gasteiger partial charge in [0.2, 0.25) is 0 Å². The summed E-state index contributed by atoms with van der Waals surface area (Å²) in [4.78, 5) is 14.5. The zero-order chi connectivity index (χ0) is 17.4. The average Bonchev–Trinajstić information content (AvgIpc) is 2.57. The van der Waals surface area contributed by atoms with Gasteiger partial charge in [0.15, 0.2) is 6.54 Å². The molecule has 0 saturated carbocycles. The number of hydrogen-bond donors (Lipinski definition) is 2. The Balaban J connectivity index is 1.83. The van der Waals surface area contributed by atoms with Crippen LogP contribution >= 0.6 is 11.8 Å². The molecule has 4 nitrogen and oxygen atoms in total. The van der Waals surface area contributed by atoms with Crippen molar-refractivity contribution < 1.29 is 9.69 Å². The number of carbonyl (C=O) groups excluding carboxylic acids is 1. The van der Waals surface area contributed by atoms with Gasteiger partial charge < -0.3 is 10.2 Å². The van der Waals surface area contributed by atoms with Crippen molar-refractivity contribution in [3.63, 3.8) is 0 Å². The lowest BCUT2D eigenvalue weighted by atomic mass is 10.1. The van der Waals surface area contributed by atoms with Gasteiger partial charge >= 0.3 is 0 Å². The molecule has 0 aliphatic carbocycles. The molecule has 1 atom stereocenters. The van der Waals surface area contributed by atoms with E-state index in [2.05, 4.69) is 41.9 Å². The first-order valence-corrected chi connectivity index (χ1v) is 9.03. The Morgan fingerprint density at radius 2 is 1.75 bits per heavy atom. The topological polar surface area (TPSA) is 57.3 Å². The van der Waals surface area contributed by atoms with Crippen molar-refractivity contribution in [1.82, 2.24) is 0 Å². The predicted octanol–water partition coefficient (Wildman–Crippen LogP) is 2.13. The van der Waals surface area contributed by atoms with Crippen molar-refractivity contribution in [3.8, 4) is 6.07 Å². The van der Waals surface area contributed by atoms with Crippen LogP contribution in [-0.2, 0) is 17.8 Å². The molecule has 0 aromatic heterocycles. The molecule has 0 saturated heterocycles. The number of likely N-dealkylation sites (N-methyl/N-ethyl adjacent to an activating group) is 1. The van der Waals surface area contributed by atoms with E-state index in [1.54, 1.807) is 11.8 Å². The van der Waals surface area contributed by atoms with Crippen molar-refractivity contribution in [2.75, 3.05) is 25.2 Å². The molecule has 124 valence electrons. The lowest BCUT2D eigenvalue weighted by Crippen LogP contribution is -3.08. The number of nitrogens with zero attached hydrogens (tertiary/aromatic N) is 1. The quantitative estimate of drug-likeness (QED) is 0.759. The van der Waals surface area contributed by atoms with Crippen molar-refractivity contribution >= 4 is 23.4 Å². The summed E-state index contributed by atoms with van der Waals surface area (Å²) >= 11 is 1.72. The van der Waals surface area contributed by atoms with Crippen LogP contribution in [-0.4, -0.2) is 25.8 Å². The van der Waals surface area contributed by atoms with Gasteiger partial charge in [0, 0.05) is 16.1 Å². The average molecular weight is 340 g/mol. The highest BCUT2D eigenvalue weighted by Gasteiger charge is 2.11. The Labute approximate surface area is 147 Å². The number of benzene rings is 2. The van der Waals surface area contributed by atoms with Crippen LogP contribution in [0.5, 0.6) is 0 Å². The fraction of sp³-hybridized carbons (Fsp3) is 0.263. The molecule has 2 N–H and O–H groups in total. The molecule has 0 aliphatic rings. The van der Waals surface area contributed by atoms with Crippen molar-refractivity contribution in [2.24, 2.45) is 0 Å². The van der Waals surface area contributed by atoms with E-state index in [-0.39, 0.29) is 5.91 Å². The highest BCUT2D eigenvalue weighted by Crippen LogP contribution is 2.14. The van der Waals surface area contributed by atoms with Gasteiger partial charge in [0.05, 0.1) is 19.5 Å². The number of quaternary nitrogens is 1. The summed E-state index contributed by atoms with van der Waals surface area (Å²) in [6.45, 7) is 1.22. The van der Waals surface area contributed by atoms with Crippen molar-refractivity contribution in [1.29, 1.82) is 5.26 Å². The smallest absolute Gasteiger partial charge is 0.279 e. The minimum absolute atomic E-state index is 0.0127. The second kappa shape index (κ2) is 9.11. The van der Waals surface area contributed by atoms with Gasteiger partial charge in [-0.05, 0) is 36.1 Å². The zero-order valence-corrected chi connectivity index (χ0v) is 14.8. The van der Waals surface area contributed by atoms with Crippen LogP contribution in [0.3, 0.4) is 0 Å². The number of hydrogen-bond acceptors (Lipinski definition) is 3. The molecule has 1 unspecified atom stereocenters. The number of anilines is 1. The number of nitrogens with one attached hydrogen (secondary N) is 2. The predicted molar refractivity (Wildman–Crippen MR) is 98.1 cm³/mol. The molecule has 0 fully saturated rings. The molecule has 2 rings (SSSR count). The third kappa shape index (κ3) is 5.73. The van der Waals surface area contributed by atoms with E-state index in [9.17, 15) is 4.79 Å². The highest BCUT2D eigenvalue weighted by atomic mass is 32.2. The number of thioether (sulfide) groups is 1. The van der Waals surface area contributed by atoms with E-state index in [4.69, 9.17) is 5.26 Å². The molecule has 2 aromatic carbocycles. The second-order valence-corrected chi connectivity index (χ2v) is 6.62. The summed E-state index contributed by atoms with van der Waals surface area (Å²) in [7, 11) is 2.01. The van der Waals surface area contributed by atoms with E-state index in [1.165, 1.54) is 10.5 Å². The summed E-state index contributed by atoms with van der Waals surface area (Å²) < 4.78 is 0. The normalized spacial score (nSPS) is 11.5. The van der Waals surface area contributed by atoms with E-state index >= 15 is 0 Å². The lowest BCUT2D eigenvalue weighted by molar-refractivity contribution is -0.885. The molecule has 0 aliphatic heterocycles. The molecule has 1 amide bonds. The maximum atomic E-state index is 12.1. The fourth-order valence-electron chi connectivity index (χ4n) is 2.43. The van der Waals surface area contributed by atoms with Crippen LogP contribution in [0.2, 0.25) is 0 Å². The van der Waals surface area contributed by atoms with E-state index in [0.717, 1.165) is 22.7 Å². The number of amides is 1. The summed E-state index contributed by atoms with van der Waals surface area (Å²) in [5, 5.41) is 11.6. The van der Waals surface area contributed by atoms with E-state index < -0.39 is 0 Å². The van der Waals surface area contributed by atoms with Crippen molar-refractivity contribution in [3.05, 3.63) is 59.7 Å². The Morgan fingerprint density at radius 1 is 1.12 bits per heavy atom. The first kappa shape index (κ1) is 18.1. The molecule has 0 spiro atoms. The summed E-state index contributed by atoms with van der Waals surface area (Å²) in [5.74, 6) is -0.0127. The van der Waals surface area contributed by atoms with Gasteiger partial charge in [0.25, 0.3) is 5.91 Å². The SMILES string of the molecule is CSc1ccc(C[NH+](C)CC(=O)Nc2ccc(CC#N)cc2)cc1. The summed E-state index contributed by atoms with van der Waals surface area (Å²) in [6, 6.07) is 17.9. The first-order valence-electron chi connectivity index (χ1n) is 7.80. The summed E-state index contributed by atoms with van der Waals surface area (Å²) in [6.07, 6.45) is 2.44. The number of nitriles is 1. The monoisotopic (exact) mass is 340 g/mol. The van der Waals surface area contributed by atoms with Crippen LogP contribution in [0, 0.1) is 11.3 Å².